The van der Waals surface area contributed by atoms with Crippen molar-refractivity contribution in [3.63, 3.8) is 0 Å². The maximum atomic E-state index is 12.5. The van der Waals surface area contributed by atoms with Crippen molar-refractivity contribution in [2.75, 3.05) is 25.0 Å². The van der Waals surface area contributed by atoms with Crippen LogP contribution in [0.1, 0.15) is 12.8 Å². The summed E-state index contributed by atoms with van der Waals surface area (Å²) < 4.78 is 11.7. The van der Waals surface area contributed by atoms with Gasteiger partial charge in [-0.05, 0) is 48.7 Å². The number of alkyl halides is 2. The Hall–Kier alpha value is -5.35. The fraction of sp³-hybridized carbons (Fsp3) is 0.188. The minimum absolute atomic E-state index is 0.000926. The molecule has 3 heterocycles. The molecule has 262 valence electrons. The Bertz CT molecular complexity index is 2130. The number of benzene rings is 4. The normalized spacial score (nSPS) is 12.0. The van der Waals surface area contributed by atoms with Crippen molar-refractivity contribution >= 4 is 90.1 Å². The van der Waals surface area contributed by atoms with E-state index in [9.17, 15) is 45.7 Å². The topological polar surface area (TPSA) is 221 Å². The third-order valence-electron chi connectivity index (χ3n) is 6.91. The number of carbonyl (C=O) groups excluding carboxylic acids is 2. The van der Waals surface area contributed by atoms with Gasteiger partial charge in [0.25, 0.3) is 22.1 Å². The Morgan fingerprint density at radius 3 is 1.28 bits per heavy atom. The van der Waals surface area contributed by atoms with E-state index < -0.39 is 11.2 Å². The summed E-state index contributed by atoms with van der Waals surface area (Å²) in [7, 11) is 0. The van der Waals surface area contributed by atoms with Crippen LogP contribution in [0, 0.1) is 20.8 Å². The summed E-state index contributed by atoms with van der Waals surface area (Å²) in [5.41, 5.74) is -0.602. The molecule has 0 spiro atoms. The molecule has 0 saturated carbocycles. The highest BCUT2D eigenvalue weighted by atomic mass is 35.5. The van der Waals surface area contributed by atoms with Gasteiger partial charge >= 0.3 is 28.0 Å². The van der Waals surface area contributed by atoms with Crippen molar-refractivity contribution in [3.05, 3.63) is 93.6 Å². The number of esters is 1. The van der Waals surface area contributed by atoms with E-state index in [4.69, 9.17) is 44.3 Å². The van der Waals surface area contributed by atoms with Crippen LogP contribution in [0.4, 0.5) is 0 Å². The quantitative estimate of drug-likeness (QED) is 0.0451. The van der Waals surface area contributed by atoms with Crippen LogP contribution in [0.2, 0.25) is 0 Å². The van der Waals surface area contributed by atoms with E-state index in [2.05, 4.69) is 0 Å². The molecule has 6 aromatic rings. The summed E-state index contributed by atoms with van der Waals surface area (Å²) in [5, 5.41) is 77.8. The zero-order chi connectivity index (χ0) is 36.5. The molecular weight excluding hydrogens is 723 g/mol. The SMILES string of the molecule is C1CCOC1.O=C(CCl)Oc1cccc2c1[n+]([O-])c1cccc(O)c1[n+]2[O-].O=C(Cl)CCl.[O-][n+]1c2cccc(O)c2[n+]([O-])c2cccc(O)c21. The van der Waals surface area contributed by atoms with E-state index in [1.807, 2.05) is 0 Å². The van der Waals surface area contributed by atoms with E-state index in [1.54, 1.807) is 0 Å². The lowest BCUT2D eigenvalue weighted by atomic mass is 10.2. The standard InChI is InChI=1S/C14H9ClN2O5.C12H8N2O4.C4H8O.C2H2Cl2O/c15-7-12(19)22-11-6-2-4-9-14(11)17(21)8-3-1-5-10(18)13(8)16(9)20;15-9-5-1-3-7-11(9)14(18)8-4-2-6-10(16)12(8)13(7)17;1-2-4-5-3-1;3-1-2(4)5/h1-6,18H,7H2;1-6,15-16H;1-4H2;1H2. The van der Waals surface area contributed by atoms with E-state index in [-0.39, 0.29) is 78.9 Å². The maximum absolute atomic E-state index is 12.5. The molecule has 0 amide bonds. The molecule has 4 aromatic carbocycles. The lowest BCUT2D eigenvalue weighted by Gasteiger charge is -2.10. The van der Waals surface area contributed by atoms with Gasteiger partial charge in [0.2, 0.25) is 11.0 Å². The lowest BCUT2D eigenvalue weighted by molar-refractivity contribution is -0.591. The largest absolute Gasteiger partial charge is 0.617 e. The van der Waals surface area contributed by atoms with E-state index in [0.717, 1.165) is 13.2 Å². The van der Waals surface area contributed by atoms with Gasteiger partial charge in [-0.15, -0.1) is 23.2 Å². The number of aromatic nitrogens is 4. The van der Waals surface area contributed by atoms with Gasteiger partial charge in [0.15, 0.2) is 17.2 Å². The highest BCUT2D eigenvalue weighted by molar-refractivity contribution is 6.67. The van der Waals surface area contributed by atoms with E-state index >= 15 is 0 Å². The van der Waals surface area contributed by atoms with Crippen molar-refractivity contribution in [1.82, 2.24) is 0 Å². The minimum atomic E-state index is -0.748. The van der Waals surface area contributed by atoms with Gasteiger partial charge in [0.1, 0.15) is 5.88 Å². The number of hydrogen-bond donors (Lipinski definition) is 3. The van der Waals surface area contributed by atoms with E-state index in [1.165, 1.54) is 85.6 Å². The molecular formula is C32H27Cl3N4O11. The summed E-state index contributed by atoms with van der Waals surface area (Å²) >= 11 is 14.9. The average molecular weight is 750 g/mol. The fourth-order valence-corrected chi connectivity index (χ4v) is 4.83. The molecule has 0 bridgehead atoms. The Labute approximate surface area is 297 Å². The number of aromatic hydroxyl groups is 3. The summed E-state index contributed by atoms with van der Waals surface area (Å²) in [6.45, 7) is 2.00. The van der Waals surface area contributed by atoms with Gasteiger partial charge in [-0.1, -0.05) is 24.3 Å². The van der Waals surface area contributed by atoms with Crippen LogP contribution in [0.15, 0.2) is 72.8 Å². The van der Waals surface area contributed by atoms with Crippen molar-refractivity contribution in [3.8, 4) is 23.0 Å². The van der Waals surface area contributed by atoms with Crippen LogP contribution in [0.25, 0.3) is 44.1 Å². The zero-order valence-corrected chi connectivity index (χ0v) is 28.0. The number of phenols is 3. The predicted octanol–water partition coefficient (Wildman–Crippen LogP) is 3.57. The highest BCUT2D eigenvalue weighted by Gasteiger charge is 2.28. The Kier molecular flexibility index (Phi) is 12.6. The van der Waals surface area contributed by atoms with Crippen molar-refractivity contribution < 1.29 is 53.3 Å². The average Bonchev–Trinajstić information content (AvgIpc) is 3.70. The van der Waals surface area contributed by atoms with Crippen LogP contribution in [0.5, 0.6) is 23.0 Å². The number of hydrogen-bond acceptors (Lipinski definition) is 11. The monoisotopic (exact) mass is 748 g/mol. The van der Waals surface area contributed by atoms with Gasteiger partial charge in [-0.3, -0.25) is 9.59 Å². The fourth-order valence-electron chi connectivity index (χ4n) is 4.78. The number of carbonyl (C=O) groups is 2. The third-order valence-corrected chi connectivity index (χ3v) is 7.64. The number of phenolic OH excluding ortho intramolecular Hbond substituents is 3. The molecule has 18 heteroatoms. The number of para-hydroxylation sites is 4. The van der Waals surface area contributed by atoms with E-state index in [0.29, 0.717) is 18.9 Å². The molecule has 7 rings (SSSR count). The van der Waals surface area contributed by atoms with Gasteiger partial charge in [0.05, 0.1) is 5.88 Å². The minimum Gasteiger partial charge on any atom is -0.617 e. The first kappa shape index (κ1) is 37.5. The molecule has 0 atom stereocenters. The number of fused-ring (bicyclic) bond motifs is 4. The van der Waals surface area contributed by atoms with Crippen LogP contribution in [0.3, 0.4) is 0 Å². The number of rotatable bonds is 3. The summed E-state index contributed by atoms with van der Waals surface area (Å²) in [6.07, 6.45) is 2.56. The molecule has 0 radical (unpaired) electrons. The maximum Gasteiger partial charge on any atom is 0.333 e. The smallest absolute Gasteiger partial charge is 0.333 e. The number of ether oxygens (including phenoxy) is 2. The number of halogens is 3. The molecule has 15 nitrogen and oxygen atoms in total. The molecule has 3 N–H and O–H groups in total. The highest BCUT2D eigenvalue weighted by Crippen LogP contribution is 2.26. The van der Waals surface area contributed by atoms with Crippen LogP contribution in [-0.4, -0.2) is 51.5 Å². The second-order valence-corrected chi connectivity index (χ2v) is 11.1. The molecule has 1 aliphatic heterocycles. The molecule has 1 aliphatic rings. The third kappa shape index (κ3) is 8.09. The Morgan fingerprint density at radius 2 is 0.960 bits per heavy atom. The molecule has 0 unspecified atom stereocenters. The zero-order valence-electron chi connectivity index (χ0n) is 25.7. The van der Waals surface area contributed by atoms with Gasteiger partial charge < -0.3 is 45.6 Å². The van der Waals surface area contributed by atoms with Crippen LogP contribution >= 0.6 is 34.8 Å². The second-order valence-electron chi connectivity index (χ2n) is 10.2. The molecule has 2 aromatic heterocycles. The van der Waals surface area contributed by atoms with Crippen LogP contribution in [-0.2, 0) is 14.3 Å². The van der Waals surface area contributed by atoms with Gasteiger partial charge in [-0.25, -0.2) is 0 Å². The molecule has 0 aliphatic carbocycles. The van der Waals surface area contributed by atoms with Gasteiger partial charge in [-0.2, -0.15) is 18.9 Å². The molecule has 1 fully saturated rings. The summed E-state index contributed by atoms with van der Waals surface area (Å²) in [6, 6.07) is 16.7. The van der Waals surface area contributed by atoms with Crippen molar-refractivity contribution in [2.45, 2.75) is 12.8 Å². The van der Waals surface area contributed by atoms with Crippen molar-refractivity contribution in [2.24, 2.45) is 0 Å². The Morgan fingerprint density at radius 1 is 0.620 bits per heavy atom. The first-order valence-electron chi connectivity index (χ1n) is 14.5. The second kappa shape index (κ2) is 16.8. The molecule has 1 saturated heterocycles. The Balaban J connectivity index is 0.000000178. The summed E-state index contributed by atoms with van der Waals surface area (Å²) in [5.74, 6) is -2.19. The molecule has 50 heavy (non-hydrogen) atoms. The van der Waals surface area contributed by atoms with Crippen LogP contribution < -0.4 is 23.7 Å². The van der Waals surface area contributed by atoms with Crippen molar-refractivity contribution in [1.29, 1.82) is 0 Å². The summed E-state index contributed by atoms with van der Waals surface area (Å²) in [4.78, 5) is 20.8. The predicted molar refractivity (Wildman–Crippen MR) is 182 cm³/mol. The lowest BCUT2D eigenvalue weighted by Crippen LogP contribution is -2.39. The van der Waals surface area contributed by atoms with Gasteiger partial charge in [0, 0.05) is 37.5 Å². The number of nitrogens with zero attached hydrogens (tertiary/aromatic N) is 4. The first-order chi connectivity index (χ1) is 23.9. The first-order valence-corrected chi connectivity index (χ1v) is 15.9.